The first kappa shape index (κ1) is 14.4. The molecule has 1 aliphatic rings. The van der Waals surface area contributed by atoms with Gasteiger partial charge in [-0.15, -0.1) is 0 Å². The normalized spacial score (nSPS) is 25.3. The highest BCUT2D eigenvalue weighted by Gasteiger charge is 2.34. The fraction of sp³-hybridized carbons (Fsp3) is 0.625. The predicted molar refractivity (Wildman–Crippen MR) is 77.5 cm³/mol. The van der Waals surface area contributed by atoms with Gasteiger partial charge in [-0.2, -0.15) is 0 Å². The maximum absolute atomic E-state index is 11.0. The van der Waals surface area contributed by atoms with E-state index in [9.17, 15) is 5.11 Å². The molecule has 1 saturated heterocycles. The van der Waals surface area contributed by atoms with Crippen molar-refractivity contribution < 1.29 is 9.84 Å². The summed E-state index contributed by atoms with van der Waals surface area (Å²) < 4.78 is 5.41. The molecule has 0 amide bonds. The largest absolute Gasteiger partial charge is 0.496 e. The molecule has 1 aromatic rings. The first-order valence-corrected chi connectivity index (χ1v) is 7.17. The molecule has 106 valence electrons. The minimum absolute atomic E-state index is 0.542. The lowest BCUT2D eigenvalue weighted by molar-refractivity contribution is 0.0182. The molecule has 1 atom stereocenters. The Morgan fingerprint density at radius 2 is 1.95 bits per heavy atom. The lowest BCUT2D eigenvalue weighted by Crippen LogP contribution is -2.33. The van der Waals surface area contributed by atoms with Crippen LogP contribution in [0.15, 0.2) is 24.3 Å². The predicted octanol–water partition coefficient (Wildman–Crippen LogP) is 2.78. The molecule has 0 bridgehead atoms. The van der Waals surface area contributed by atoms with E-state index in [1.807, 2.05) is 24.3 Å². The lowest BCUT2D eigenvalue weighted by atomic mass is 9.86. The molecule has 0 aromatic heterocycles. The average molecular weight is 263 g/mol. The number of ether oxygens (including phenoxy) is 1. The number of para-hydroxylation sites is 1. The zero-order chi connectivity index (χ0) is 13.9. The second-order valence-electron chi connectivity index (χ2n) is 5.72. The van der Waals surface area contributed by atoms with Gasteiger partial charge in [0.25, 0.3) is 0 Å². The van der Waals surface area contributed by atoms with Crippen molar-refractivity contribution in [1.82, 2.24) is 4.90 Å². The van der Waals surface area contributed by atoms with Gasteiger partial charge in [0.05, 0.1) is 12.7 Å². The Hall–Kier alpha value is -1.06. The fourth-order valence-electron chi connectivity index (χ4n) is 2.95. The molecule has 1 heterocycles. The van der Waals surface area contributed by atoms with Crippen molar-refractivity contribution in [3.05, 3.63) is 29.8 Å². The highest BCUT2D eigenvalue weighted by atomic mass is 16.5. The summed E-state index contributed by atoms with van der Waals surface area (Å²) in [7, 11) is 1.67. The van der Waals surface area contributed by atoms with E-state index in [4.69, 9.17) is 4.74 Å². The van der Waals surface area contributed by atoms with Crippen LogP contribution in [0.5, 0.6) is 5.75 Å². The Labute approximate surface area is 116 Å². The Morgan fingerprint density at radius 1 is 1.21 bits per heavy atom. The van der Waals surface area contributed by atoms with Crippen LogP contribution in [0, 0.1) is 0 Å². The summed E-state index contributed by atoms with van der Waals surface area (Å²) in [6, 6.07) is 8.38. The minimum atomic E-state index is -0.754. The van der Waals surface area contributed by atoms with Crippen LogP contribution >= 0.6 is 0 Å². The van der Waals surface area contributed by atoms with Crippen molar-refractivity contribution in [1.29, 1.82) is 0 Å². The van der Waals surface area contributed by atoms with Gasteiger partial charge in [0.1, 0.15) is 5.75 Å². The van der Waals surface area contributed by atoms with Crippen LogP contribution in [0.2, 0.25) is 0 Å². The number of rotatable bonds is 3. The SMILES string of the molecule is COc1ccccc1C1(O)CCCN(C(C)C)CC1. The molecular weight excluding hydrogens is 238 g/mol. The van der Waals surface area contributed by atoms with Crippen LogP contribution < -0.4 is 4.74 Å². The van der Waals surface area contributed by atoms with Gasteiger partial charge in [0.2, 0.25) is 0 Å². The van der Waals surface area contributed by atoms with E-state index in [-0.39, 0.29) is 0 Å². The van der Waals surface area contributed by atoms with E-state index in [0.717, 1.165) is 43.7 Å². The summed E-state index contributed by atoms with van der Waals surface area (Å²) in [5, 5.41) is 11.0. The van der Waals surface area contributed by atoms with Crippen molar-refractivity contribution in [2.45, 2.75) is 44.8 Å². The van der Waals surface area contributed by atoms with E-state index in [1.165, 1.54) is 0 Å². The van der Waals surface area contributed by atoms with Crippen molar-refractivity contribution in [3.8, 4) is 5.75 Å². The number of aliphatic hydroxyl groups is 1. The molecule has 1 fully saturated rings. The van der Waals surface area contributed by atoms with Gasteiger partial charge in [-0.1, -0.05) is 18.2 Å². The maximum Gasteiger partial charge on any atom is 0.124 e. The molecule has 0 spiro atoms. The molecule has 3 heteroatoms. The van der Waals surface area contributed by atoms with E-state index >= 15 is 0 Å². The van der Waals surface area contributed by atoms with Crippen LogP contribution in [0.25, 0.3) is 0 Å². The van der Waals surface area contributed by atoms with Gasteiger partial charge in [-0.3, -0.25) is 0 Å². The van der Waals surface area contributed by atoms with Gasteiger partial charge in [0, 0.05) is 18.2 Å². The smallest absolute Gasteiger partial charge is 0.124 e. The molecule has 1 unspecified atom stereocenters. The van der Waals surface area contributed by atoms with Gasteiger partial charge < -0.3 is 14.7 Å². The number of nitrogens with zero attached hydrogens (tertiary/aromatic N) is 1. The van der Waals surface area contributed by atoms with Gasteiger partial charge in [0.15, 0.2) is 0 Å². The van der Waals surface area contributed by atoms with E-state index < -0.39 is 5.60 Å². The quantitative estimate of drug-likeness (QED) is 0.910. The maximum atomic E-state index is 11.0. The Kier molecular flexibility index (Phi) is 4.48. The molecule has 2 rings (SSSR count). The molecule has 3 nitrogen and oxygen atoms in total. The number of hydrogen-bond acceptors (Lipinski definition) is 3. The third-order valence-electron chi connectivity index (χ3n) is 4.19. The molecule has 1 aliphatic heterocycles. The van der Waals surface area contributed by atoms with Gasteiger partial charge in [-0.25, -0.2) is 0 Å². The van der Waals surface area contributed by atoms with Crippen LogP contribution in [0.3, 0.4) is 0 Å². The van der Waals surface area contributed by atoms with Gasteiger partial charge >= 0.3 is 0 Å². The standard InChI is InChI=1S/C16H25NO2/c1-13(2)17-11-6-9-16(18,10-12-17)14-7-4-5-8-15(14)19-3/h4-5,7-8,13,18H,6,9-12H2,1-3H3. The molecule has 0 aliphatic carbocycles. The molecular formula is C16H25NO2. The summed E-state index contributed by atoms with van der Waals surface area (Å²) in [5.41, 5.74) is 0.180. The first-order chi connectivity index (χ1) is 9.07. The number of benzene rings is 1. The summed E-state index contributed by atoms with van der Waals surface area (Å²) in [6.45, 7) is 6.43. The molecule has 0 saturated carbocycles. The van der Waals surface area contributed by atoms with Gasteiger partial charge in [-0.05, 0) is 45.7 Å². The lowest BCUT2D eigenvalue weighted by Gasteiger charge is -2.29. The van der Waals surface area contributed by atoms with E-state index in [2.05, 4.69) is 18.7 Å². The summed E-state index contributed by atoms with van der Waals surface area (Å²) >= 11 is 0. The average Bonchev–Trinajstić information content (AvgIpc) is 2.62. The number of likely N-dealkylation sites (tertiary alicyclic amines) is 1. The third-order valence-corrected chi connectivity index (χ3v) is 4.19. The minimum Gasteiger partial charge on any atom is -0.496 e. The Balaban J connectivity index is 2.22. The zero-order valence-electron chi connectivity index (χ0n) is 12.2. The van der Waals surface area contributed by atoms with E-state index in [0.29, 0.717) is 6.04 Å². The monoisotopic (exact) mass is 263 g/mol. The van der Waals surface area contributed by atoms with Crippen LogP contribution in [-0.4, -0.2) is 36.2 Å². The van der Waals surface area contributed by atoms with Crippen molar-refractivity contribution in [2.24, 2.45) is 0 Å². The number of methoxy groups -OCH3 is 1. The van der Waals surface area contributed by atoms with Crippen LogP contribution in [-0.2, 0) is 5.60 Å². The zero-order valence-corrected chi connectivity index (χ0v) is 12.2. The van der Waals surface area contributed by atoms with Crippen molar-refractivity contribution >= 4 is 0 Å². The Morgan fingerprint density at radius 3 is 2.63 bits per heavy atom. The molecule has 1 N–H and O–H groups in total. The Bertz CT molecular complexity index is 419. The topological polar surface area (TPSA) is 32.7 Å². The molecule has 1 aromatic carbocycles. The third kappa shape index (κ3) is 3.10. The fourth-order valence-corrected chi connectivity index (χ4v) is 2.95. The highest BCUT2D eigenvalue weighted by molar-refractivity contribution is 5.38. The van der Waals surface area contributed by atoms with Crippen LogP contribution in [0.1, 0.15) is 38.7 Å². The second kappa shape index (κ2) is 5.93. The molecule has 0 radical (unpaired) electrons. The second-order valence-corrected chi connectivity index (χ2v) is 5.72. The summed E-state index contributed by atoms with van der Waals surface area (Å²) in [6.07, 6.45) is 2.59. The van der Waals surface area contributed by atoms with Crippen molar-refractivity contribution in [2.75, 3.05) is 20.2 Å². The molecule has 19 heavy (non-hydrogen) atoms. The summed E-state index contributed by atoms with van der Waals surface area (Å²) in [4.78, 5) is 2.44. The summed E-state index contributed by atoms with van der Waals surface area (Å²) in [5.74, 6) is 0.794. The first-order valence-electron chi connectivity index (χ1n) is 7.17. The number of hydrogen-bond donors (Lipinski definition) is 1. The van der Waals surface area contributed by atoms with Crippen LogP contribution in [0.4, 0.5) is 0 Å². The van der Waals surface area contributed by atoms with E-state index in [1.54, 1.807) is 7.11 Å². The highest BCUT2D eigenvalue weighted by Crippen LogP contribution is 2.38. The van der Waals surface area contributed by atoms with Crippen molar-refractivity contribution in [3.63, 3.8) is 0 Å².